The summed E-state index contributed by atoms with van der Waals surface area (Å²) in [6.45, 7) is 2.15. The van der Waals surface area contributed by atoms with E-state index in [0.717, 1.165) is 38.0 Å². The molecule has 2 aliphatic heterocycles. The molecule has 0 bridgehead atoms. The maximum absolute atomic E-state index is 6.06. The molecule has 29 heavy (non-hydrogen) atoms. The van der Waals surface area contributed by atoms with Crippen molar-refractivity contribution in [1.82, 2.24) is 20.6 Å². The highest BCUT2D eigenvalue weighted by Gasteiger charge is 2.28. The van der Waals surface area contributed by atoms with Gasteiger partial charge in [-0.15, -0.1) is 10.2 Å². The van der Waals surface area contributed by atoms with E-state index in [1.165, 1.54) is 16.7 Å². The van der Waals surface area contributed by atoms with Crippen molar-refractivity contribution in [1.29, 1.82) is 0 Å². The van der Waals surface area contributed by atoms with Gasteiger partial charge in [-0.05, 0) is 36.0 Å². The van der Waals surface area contributed by atoms with Crippen LogP contribution >= 0.6 is 0 Å². The van der Waals surface area contributed by atoms with Gasteiger partial charge in [0.2, 0.25) is 5.82 Å². The Hall–Kier alpha value is -2.61. The Bertz CT molecular complexity index is 915. The van der Waals surface area contributed by atoms with Crippen molar-refractivity contribution < 1.29 is 14.2 Å². The molecule has 1 aromatic heterocycles. The first-order chi connectivity index (χ1) is 14.4. The molecule has 2 fully saturated rings. The van der Waals surface area contributed by atoms with Gasteiger partial charge in [-0.2, -0.15) is 5.21 Å². The molecule has 2 saturated heterocycles. The Labute approximate surface area is 169 Å². The Morgan fingerprint density at radius 3 is 2.45 bits per heavy atom. The number of benzene rings is 2. The summed E-state index contributed by atoms with van der Waals surface area (Å²) in [7, 11) is 0. The van der Waals surface area contributed by atoms with Gasteiger partial charge in [0.05, 0.1) is 19.8 Å². The molecule has 0 amide bonds. The molecule has 0 spiro atoms. The van der Waals surface area contributed by atoms with E-state index in [1.54, 1.807) is 0 Å². The number of tetrazole rings is 1. The van der Waals surface area contributed by atoms with E-state index >= 15 is 0 Å². The zero-order chi connectivity index (χ0) is 19.5. The minimum Gasteiger partial charge on any atom is -0.369 e. The molecule has 0 radical (unpaired) electrons. The third kappa shape index (κ3) is 3.94. The first-order valence-electron chi connectivity index (χ1n) is 10.2. The molecule has 7 nitrogen and oxygen atoms in total. The number of H-pyrrole nitrogens is 1. The van der Waals surface area contributed by atoms with Gasteiger partial charge in [-0.25, -0.2) is 0 Å². The highest BCUT2D eigenvalue weighted by atomic mass is 16.7. The van der Waals surface area contributed by atoms with Crippen molar-refractivity contribution in [3.63, 3.8) is 0 Å². The number of rotatable bonds is 4. The zero-order valence-corrected chi connectivity index (χ0v) is 16.2. The lowest BCUT2D eigenvalue weighted by Crippen LogP contribution is -2.20. The van der Waals surface area contributed by atoms with E-state index in [2.05, 4.69) is 69.2 Å². The van der Waals surface area contributed by atoms with Crippen molar-refractivity contribution >= 4 is 0 Å². The molecule has 3 aromatic rings. The summed E-state index contributed by atoms with van der Waals surface area (Å²) in [5.41, 5.74) is 4.82. The van der Waals surface area contributed by atoms with Crippen LogP contribution in [0.5, 0.6) is 0 Å². The second kappa shape index (κ2) is 8.41. The second-order valence-corrected chi connectivity index (χ2v) is 7.50. The second-order valence-electron chi connectivity index (χ2n) is 7.50. The van der Waals surface area contributed by atoms with Crippen molar-refractivity contribution in [2.75, 3.05) is 19.8 Å². The molecule has 3 heterocycles. The molecule has 0 saturated carbocycles. The van der Waals surface area contributed by atoms with Crippen molar-refractivity contribution in [3.8, 4) is 11.1 Å². The predicted molar refractivity (Wildman–Crippen MR) is 106 cm³/mol. The van der Waals surface area contributed by atoms with Gasteiger partial charge in [0.25, 0.3) is 0 Å². The molecular formula is C22H24N4O3. The molecule has 2 unspecified atom stereocenters. The van der Waals surface area contributed by atoms with E-state index in [1.807, 2.05) is 0 Å². The zero-order valence-electron chi connectivity index (χ0n) is 16.2. The molecule has 150 valence electrons. The van der Waals surface area contributed by atoms with Crippen LogP contribution in [0.25, 0.3) is 11.1 Å². The van der Waals surface area contributed by atoms with Gasteiger partial charge >= 0.3 is 0 Å². The number of nitrogens with one attached hydrogen (secondary N) is 1. The minimum atomic E-state index is -0.248. The summed E-state index contributed by atoms with van der Waals surface area (Å²) in [6, 6.07) is 17.1. The van der Waals surface area contributed by atoms with Crippen LogP contribution in [0.4, 0.5) is 0 Å². The first kappa shape index (κ1) is 18.4. The highest BCUT2D eigenvalue weighted by molar-refractivity contribution is 5.68. The SMILES string of the molecule is c1ccc(C2CCC(c3nn[nH]n3)OC2)c(-c2ccc(C3OCCCO3)cc2)c1. The summed E-state index contributed by atoms with van der Waals surface area (Å²) < 4.78 is 17.5. The van der Waals surface area contributed by atoms with E-state index in [0.29, 0.717) is 18.3 Å². The third-order valence-corrected chi connectivity index (χ3v) is 5.65. The minimum absolute atomic E-state index is 0.0769. The normalized spacial score (nSPS) is 23.2. The molecule has 5 rings (SSSR count). The summed E-state index contributed by atoms with van der Waals surface area (Å²) in [6.07, 6.45) is 2.54. The van der Waals surface area contributed by atoms with Crippen molar-refractivity contribution in [2.24, 2.45) is 0 Å². The van der Waals surface area contributed by atoms with E-state index < -0.39 is 0 Å². The van der Waals surface area contributed by atoms with Gasteiger partial charge in [0.1, 0.15) is 6.10 Å². The fourth-order valence-corrected chi connectivity index (χ4v) is 4.12. The largest absolute Gasteiger partial charge is 0.369 e. The number of aromatic nitrogens is 4. The standard InChI is InChI=1S/C22H24N4O3/c1-2-5-19(17-10-11-20(29-14-17)21-23-25-26-24-21)18(4-1)15-6-8-16(9-7-15)22-27-12-3-13-28-22/h1-2,4-9,17,20,22H,3,10-14H2,(H,23,24,25,26). The number of ether oxygens (including phenoxy) is 3. The van der Waals surface area contributed by atoms with Crippen LogP contribution in [0.1, 0.15) is 54.5 Å². The lowest BCUT2D eigenvalue weighted by Gasteiger charge is -2.29. The number of nitrogens with zero attached hydrogens (tertiary/aromatic N) is 3. The quantitative estimate of drug-likeness (QED) is 0.724. The summed E-state index contributed by atoms with van der Waals surface area (Å²) >= 11 is 0. The van der Waals surface area contributed by atoms with Crippen molar-refractivity contribution in [3.05, 3.63) is 65.5 Å². The summed E-state index contributed by atoms with van der Waals surface area (Å²) in [5, 5.41) is 14.2. The highest BCUT2D eigenvalue weighted by Crippen LogP contribution is 2.38. The number of hydrogen-bond donors (Lipinski definition) is 1. The lowest BCUT2D eigenvalue weighted by atomic mass is 9.86. The fraction of sp³-hybridized carbons (Fsp3) is 0.409. The van der Waals surface area contributed by atoms with Gasteiger partial charge in [-0.1, -0.05) is 53.7 Å². The van der Waals surface area contributed by atoms with E-state index in [-0.39, 0.29) is 12.4 Å². The van der Waals surface area contributed by atoms with Crippen LogP contribution in [0, 0.1) is 0 Å². The smallest absolute Gasteiger partial charge is 0.203 e. The summed E-state index contributed by atoms with van der Waals surface area (Å²) in [5.74, 6) is 0.985. The Balaban J connectivity index is 1.33. The molecule has 2 atom stereocenters. The monoisotopic (exact) mass is 392 g/mol. The van der Waals surface area contributed by atoms with E-state index in [9.17, 15) is 0 Å². The van der Waals surface area contributed by atoms with Crippen LogP contribution in [0.3, 0.4) is 0 Å². The van der Waals surface area contributed by atoms with Crippen molar-refractivity contribution in [2.45, 2.75) is 37.6 Å². The molecule has 2 aliphatic rings. The van der Waals surface area contributed by atoms with Crippen LogP contribution in [0.2, 0.25) is 0 Å². The van der Waals surface area contributed by atoms with Gasteiger partial charge < -0.3 is 14.2 Å². The average Bonchev–Trinajstić information content (AvgIpc) is 3.35. The Morgan fingerprint density at radius 2 is 1.72 bits per heavy atom. The maximum Gasteiger partial charge on any atom is 0.203 e. The van der Waals surface area contributed by atoms with Gasteiger partial charge in [0, 0.05) is 11.5 Å². The number of hydrogen-bond acceptors (Lipinski definition) is 6. The molecule has 2 aromatic carbocycles. The molecule has 0 aliphatic carbocycles. The Kier molecular flexibility index (Phi) is 5.34. The third-order valence-electron chi connectivity index (χ3n) is 5.65. The predicted octanol–water partition coefficient (Wildman–Crippen LogP) is 3.94. The maximum atomic E-state index is 6.06. The average molecular weight is 392 g/mol. The van der Waals surface area contributed by atoms with Crippen LogP contribution in [0.15, 0.2) is 48.5 Å². The molecular weight excluding hydrogens is 368 g/mol. The summed E-state index contributed by atoms with van der Waals surface area (Å²) in [4.78, 5) is 0. The number of aromatic amines is 1. The van der Waals surface area contributed by atoms with Gasteiger partial charge in [0.15, 0.2) is 6.29 Å². The Morgan fingerprint density at radius 1 is 0.897 bits per heavy atom. The molecule has 1 N–H and O–H groups in total. The first-order valence-corrected chi connectivity index (χ1v) is 10.2. The van der Waals surface area contributed by atoms with Gasteiger partial charge in [-0.3, -0.25) is 0 Å². The fourth-order valence-electron chi connectivity index (χ4n) is 4.12. The van der Waals surface area contributed by atoms with Crippen LogP contribution in [-0.4, -0.2) is 40.4 Å². The topological polar surface area (TPSA) is 82.2 Å². The lowest BCUT2D eigenvalue weighted by molar-refractivity contribution is -0.183. The van der Waals surface area contributed by atoms with E-state index in [4.69, 9.17) is 14.2 Å². The van der Waals surface area contributed by atoms with Crippen LogP contribution in [-0.2, 0) is 14.2 Å². The molecule has 7 heteroatoms. The van der Waals surface area contributed by atoms with Crippen LogP contribution < -0.4 is 0 Å².